The Balaban J connectivity index is 1.80. The number of carbonyl (C=O) groups is 2. The van der Waals surface area contributed by atoms with E-state index < -0.39 is 28.5 Å². The van der Waals surface area contributed by atoms with Crippen LogP contribution in [0.1, 0.15) is 30.5 Å². The van der Waals surface area contributed by atoms with Gasteiger partial charge >= 0.3 is 0 Å². The van der Waals surface area contributed by atoms with Crippen LogP contribution in [0.15, 0.2) is 112 Å². The van der Waals surface area contributed by atoms with Crippen molar-refractivity contribution in [1.29, 1.82) is 0 Å². The van der Waals surface area contributed by atoms with Gasteiger partial charge in [0.2, 0.25) is 11.8 Å². The summed E-state index contributed by atoms with van der Waals surface area (Å²) in [6.07, 6.45) is 0.244. The first-order valence-corrected chi connectivity index (χ1v) is 16.8. The Hall–Kier alpha value is -3.66. The maximum absolute atomic E-state index is 14.4. The van der Waals surface area contributed by atoms with E-state index in [9.17, 15) is 18.0 Å². The van der Waals surface area contributed by atoms with Crippen molar-refractivity contribution in [3.63, 3.8) is 0 Å². The van der Waals surface area contributed by atoms with E-state index in [1.165, 1.54) is 29.2 Å². The maximum Gasteiger partial charge on any atom is 0.264 e. The van der Waals surface area contributed by atoms with Crippen LogP contribution in [0.3, 0.4) is 0 Å². The maximum atomic E-state index is 14.4. The molecule has 10 heteroatoms. The van der Waals surface area contributed by atoms with Gasteiger partial charge < -0.3 is 10.2 Å². The van der Waals surface area contributed by atoms with E-state index in [4.69, 9.17) is 11.6 Å². The fraction of sp³-hybridized carbons (Fsp3) is 0.235. The molecule has 7 nitrogen and oxygen atoms in total. The summed E-state index contributed by atoms with van der Waals surface area (Å²) >= 11 is 9.54. The van der Waals surface area contributed by atoms with Crippen LogP contribution in [0.5, 0.6) is 0 Å². The fourth-order valence-corrected chi connectivity index (χ4v) is 6.73. The number of hydrogen-bond donors (Lipinski definition) is 1. The molecule has 4 aromatic rings. The summed E-state index contributed by atoms with van der Waals surface area (Å²) in [5.41, 5.74) is 2.92. The van der Waals surface area contributed by atoms with Crippen molar-refractivity contribution in [3.05, 3.63) is 129 Å². The van der Waals surface area contributed by atoms with Crippen LogP contribution in [0, 0.1) is 6.92 Å². The summed E-state index contributed by atoms with van der Waals surface area (Å²) in [5, 5.41) is 3.35. The van der Waals surface area contributed by atoms with Gasteiger partial charge in [-0.25, -0.2) is 8.42 Å². The number of nitrogens with zero attached hydrogens (tertiary/aromatic N) is 2. The first kappa shape index (κ1) is 33.2. The molecule has 0 aliphatic rings. The largest absolute Gasteiger partial charge is 0.352 e. The third kappa shape index (κ3) is 8.71. The molecule has 0 spiro atoms. The molecule has 0 bridgehead atoms. The standard InChI is InChI=1S/C34H35BrClN3O4S/c1-24(2)37-34(41)32(21-26-8-5-4-6-9-26)38(22-27-10-7-11-28(35)20-27)33(40)23-39(30-16-12-25(3)13-17-30)44(42,43)31-18-14-29(36)15-19-31/h4-20,24,32H,21-23H2,1-3H3,(H,37,41)/t32-/m1/s1. The number of anilines is 1. The first-order valence-electron chi connectivity index (χ1n) is 14.2. The number of nitrogens with one attached hydrogen (secondary N) is 1. The van der Waals surface area contributed by atoms with Gasteiger partial charge in [0.15, 0.2) is 0 Å². The van der Waals surface area contributed by atoms with Crippen molar-refractivity contribution in [1.82, 2.24) is 10.2 Å². The monoisotopic (exact) mass is 695 g/mol. The van der Waals surface area contributed by atoms with Gasteiger partial charge in [-0.1, -0.05) is 87.7 Å². The molecule has 4 aromatic carbocycles. The predicted molar refractivity (Wildman–Crippen MR) is 179 cm³/mol. The zero-order chi connectivity index (χ0) is 31.9. The van der Waals surface area contributed by atoms with E-state index >= 15 is 0 Å². The average Bonchev–Trinajstić information content (AvgIpc) is 2.98. The van der Waals surface area contributed by atoms with Gasteiger partial charge in [-0.15, -0.1) is 0 Å². The molecule has 1 N–H and O–H groups in total. The van der Waals surface area contributed by atoms with Crippen molar-refractivity contribution in [3.8, 4) is 0 Å². The second-order valence-corrected chi connectivity index (χ2v) is 14.0. The first-order chi connectivity index (χ1) is 20.9. The van der Waals surface area contributed by atoms with Crippen molar-refractivity contribution in [2.24, 2.45) is 0 Å². The number of benzene rings is 4. The van der Waals surface area contributed by atoms with Crippen molar-refractivity contribution in [2.45, 2.75) is 50.7 Å². The fourth-order valence-electron chi connectivity index (χ4n) is 4.74. The number of sulfonamides is 1. The van der Waals surface area contributed by atoms with E-state index in [0.717, 1.165) is 25.5 Å². The van der Waals surface area contributed by atoms with Gasteiger partial charge in [0, 0.05) is 28.5 Å². The van der Waals surface area contributed by atoms with Gasteiger partial charge in [-0.05, 0) is 80.4 Å². The zero-order valence-electron chi connectivity index (χ0n) is 24.8. The Morgan fingerprint density at radius 3 is 2.11 bits per heavy atom. The minimum Gasteiger partial charge on any atom is -0.352 e. The molecular formula is C34H35BrClN3O4S. The number of rotatable bonds is 12. The third-order valence-electron chi connectivity index (χ3n) is 6.95. The van der Waals surface area contributed by atoms with Crippen LogP contribution < -0.4 is 9.62 Å². The third-order valence-corrected chi connectivity index (χ3v) is 9.48. The Kier molecular flexibility index (Phi) is 11.2. The Morgan fingerprint density at radius 2 is 1.50 bits per heavy atom. The molecule has 1 atom stereocenters. The van der Waals surface area contributed by atoms with Crippen molar-refractivity contribution < 1.29 is 18.0 Å². The van der Waals surface area contributed by atoms with Gasteiger partial charge in [-0.3, -0.25) is 13.9 Å². The van der Waals surface area contributed by atoms with Crippen LogP contribution in [0.4, 0.5) is 5.69 Å². The lowest BCUT2D eigenvalue weighted by atomic mass is 10.0. The lowest BCUT2D eigenvalue weighted by Gasteiger charge is -2.34. The van der Waals surface area contributed by atoms with E-state index in [0.29, 0.717) is 10.7 Å². The molecule has 0 heterocycles. The molecule has 44 heavy (non-hydrogen) atoms. The molecule has 0 aromatic heterocycles. The van der Waals surface area contributed by atoms with Crippen LogP contribution in [-0.4, -0.2) is 43.8 Å². The second-order valence-electron chi connectivity index (χ2n) is 10.8. The molecule has 4 rings (SSSR count). The summed E-state index contributed by atoms with van der Waals surface area (Å²) in [7, 11) is -4.20. The molecular weight excluding hydrogens is 662 g/mol. The normalized spacial score (nSPS) is 12.0. The van der Waals surface area contributed by atoms with Gasteiger partial charge in [-0.2, -0.15) is 0 Å². The average molecular weight is 697 g/mol. The lowest BCUT2D eigenvalue weighted by Crippen LogP contribution is -2.54. The molecule has 0 aliphatic heterocycles. The summed E-state index contributed by atoms with van der Waals surface area (Å²) in [5.74, 6) is -0.849. The van der Waals surface area contributed by atoms with Crippen LogP contribution in [0.25, 0.3) is 0 Å². The van der Waals surface area contributed by atoms with E-state index in [1.54, 1.807) is 24.3 Å². The molecule has 0 unspecified atom stereocenters. The van der Waals surface area contributed by atoms with Gasteiger partial charge in [0.05, 0.1) is 10.6 Å². The summed E-state index contributed by atoms with van der Waals surface area (Å²) < 4.78 is 30.0. The Morgan fingerprint density at radius 1 is 0.864 bits per heavy atom. The van der Waals surface area contributed by atoms with Crippen LogP contribution in [-0.2, 0) is 32.6 Å². The highest BCUT2D eigenvalue weighted by molar-refractivity contribution is 9.10. The van der Waals surface area contributed by atoms with Gasteiger partial charge in [0.25, 0.3) is 10.0 Å². The van der Waals surface area contributed by atoms with Crippen LogP contribution in [0.2, 0.25) is 5.02 Å². The zero-order valence-corrected chi connectivity index (χ0v) is 27.9. The highest BCUT2D eigenvalue weighted by Gasteiger charge is 2.34. The number of amides is 2. The predicted octanol–water partition coefficient (Wildman–Crippen LogP) is 6.77. The van der Waals surface area contributed by atoms with E-state index in [-0.39, 0.29) is 29.8 Å². The molecule has 0 saturated heterocycles. The second kappa shape index (κ2) is 14.9. The number of carbonyl (C=O) groups excluding carboxylic acids is 2. The SMILES string of the molecule is Cc1ccc(N(CC(=O)N(Cc2cccc(Br)c2)[C@H](Cc2ccccc2)C(=O)NC(C)C)S(=O)(=O)c2ccc(Cl)cc2)cc1. The topological polar surface area (TPSA) is 86.8 Å². The molecule has 0 fully saturated rings. The molecule has 2 amide bonds. The van der Waals surface area contributed by atoms with Crippen molar-refractivity contribution in [2.75, 3.05) is 10.8 Å². The smallest absolute Gasteiger partial charge is 0.264 e. The summed E-state index contributed by atoms with van der Waals surface area (Å²) in [6, 6.07) is 28.6. The lowest BCUT2D eigenvalue weighted by molar-refractivity contribution is -0.140. The quantitative estimate of drug-likeness (QED) is 0.177. The molecule has 0 aliphatic carbocycles. The van der Waals surface area contributed by atoms with E-state index in [1.807, 2.05) is 75.4 Å². The van der Waals surface area contributed by atoms with Crippen LogP contribution >= 0.6 is 27.5 Å². The minimum absolute atomic E-state index is 0.00722. The molecule has 0 saturated carbocycles. The summed E-state index contributed by atoms with van der Waals surface area (Å²) in [4.78, 5) is 29.7. The molecule has 230 valence electrons. The number of hydrogen-bond acceptors (Lipinski definition) is 4. The number of aryl methyl sites for hydroxylation is 1. The minimum atomic E-state index is -4.20. The Bertz CT molecular complexity index is 1680. The number of halogens is 2. The van der Waals surface area contributed by atoms with Crippen molar-refractivity contribution >= 4 is 55.1 Å². The Labute approximate surface area is 273 Å². The highest BCUT2D eigenvalue weighted by Crippen LogP contribution is 2.26. The van der Waals surface area contributed by atoms with Gasteiger partial charge in [0.1, 0.15) is 12.6 Å². The molecule has 0 radical (unpaired) electrons. The summed E-state index contributed by atoms with van der Waals surface area (Å²) in [6.45, 7) is 5.17. The highest BCUT2D eigenvalue weighted by atomic mass is 79.9. The van der Waals surface area contributed by atoms with E-state index in [2.05, 4.69) is 21.2 Å².